The molecule has 1 N–H and O–H groups in total. The van der Waals surface area contributed by atoms with Crippen molar-refractivity contribution >= 4 is 23.4 Å². The quantitative estimate of drug-likeness (QED) is 0.429. The van der Waals surface area contributed by atoms with Crippen LogP contribution in [0, 0.1) is 0 Å². The highest BCUT2D eigenvalue weighted by Gasteiger charge is 2.15. The summed E-state index contributed by atoms with van der Waals surface area (Å²) in [6.07, 6.45) is 3.18. The molecule has 2 rings (SSSR count). The number of allylic oxidation sites excluding steroid dienone is 2. The molecule has 0 bridgehead atoms. The number of oxime groups is 1. The van der Waals surface area contributed by atoms with Gasteiger partial charge in [-0.05, 0) is 24.0 Å². The third-order valence-electron chi connectivity index (χ3n) is 2.40. The Hall–Kier alpha value is -1.28. The molecule has 1 aromatic carbocycles. The van der Waals surface area contributed by atoms with Crippen LogP contribution in [0.25, 0.3) is 5.57 Å². The number of hydrogen-bond donors (Lipinski definition) is 1. The van der Waals surface area contributed by atoms with Gasteiger partial charge in [-0.25, -0.2) is 0 Å². The first-order valence-corrected chi connectivity index (χ1v) is 4.85. The summed E-state index contributed by atoms with van der Waals surface area (Å²) in [5.41, 5.74) is 3.16. The van der Waals surface area contributed by atoms with Crippen molar-refractivity contribution in [1.82, 2.24) is 0 Å². The summed E-state index contributed by atoms with van der Waals surface area (Å²) in [6, 6.07) is 8.03. The van der Waals surface area contributed by atoms with E-state index in [1.165, 1.54) is 11.8 Å². The van der Waals surface area contributed by atoms with Gasteiger partial charge in [-0.3, -0.25) is 0 Å². The number of nitrogens with zero attached hydrogens (tertiary/aromatic N) is 1. The highest BCUT2D eigenvalue weighted by Crippen LogP contribution is 2.31. The summed E-state index contributed by atoms with van der Waals surface area (Å²) in [5.74, 6) is 0. The van der Waals surface area contributed by atoms with Crippen LogP contribution < -0.4 is 0 Å². The zero-order valence-corrected chi connectivity index (χ0v) is 8.33. The lowest BCUT2D eigenvalue weighted by Crippen LogP contribution is -2.03. The molecule has 1 aliphatic rings. The Morgan fingerprint density at radius 2 is 2.07 bits per heavy atom. The Kier molecular flexibility index (Phi) is 2.55. The Bertz CT molecular complexity index is 410. The van der Waals surface area contributed by atoms with Crippen molar-refractivity contribution in [1.29, 1.82) is 0 Å². The predicted molar refractivity (Wildman–Crippen MR) is 57.8 cm³/mol. The SMILES string of the molecule is ON=CC1=C(Cl)CCc2ccccc21. The van der Waals surface area contributed by atoms with Gasteiger partial charge in [0.15, 0.2) is 0 Å². The molecule has 0 aromatic heterocycles. The van der Waals surface area contributed by atoms with E-state index in [4.69, 9.17) is 16.8 Å². The second-order valence-electron chi connectivity index (χ2n) is 3.22. The van der Waals surface area contributed by atoms with E-state index < -0.39 is 0 Å². The third-order valence-corrected chi connectivity index (χ3v) is 2.79. The molecular weight excluding hydrogens is 198 g/mol. The molecule has 72 valence electrons. The Labute approximate surface area is 87.5 Å². The second kappa shape index (κ2) is 3.84. The van der Waals surface area contributed by atoms with Crippen molar-refractivity contribution in [3.05, 3.63) is 40.4 Å². The van der Waals surface area contributed by atoms with Crippen LogP contribution in [0.1, 0.15) is 17.5 Å². The van der Waals surface area contributed by atoms with Gasteiger partial charge < -0.3 is 5.21 Å². The van der Waals surface area contributed by atoms with E-state index in [1.54, 1.807) is 0 Å². The molecule has 0 aliphatic heterocycles. The minimum Gasteiger partial charge on any atom is -0.411 e. The van der Waals surface area contributed by atoms with Crippen molar-refractivity contribution in [2.75, 3.05) is 0 Å². The molecule has 0 atom stereocenters. The van der Waals surface area contributed by atoms with Crippen LogP contribution in [-0.4, -0.2) is 11.4 Å². The highest BCUT2D eigenvalue weighted by molar-refractivity contribution is 6.37. The molecule has 0 fully saturated rings. The van der Waals surface area contributed by atoms with Crippen LogP contribution in [0.4, 0.5) is 0 Å². The normalized spacial score (nSPS) is 16.1. The summed E-state index contributed by atoms with van der Waals surface area (Å²) in [6.45, 7) is 0. The second-order valence-corrected chi connectivity index (χ2v) is 3.68. The first kappa shape index (κ1) is 9.28. The van der Waals surface area contributed by atoms with Crippen LogP contribution in [-0.2, 0) is 6.42 Å². The van der Waals surface area contributed by atoms with Crippen molar-refractivity contribution in [2.45, 2.75) is 12.8 Å². The van der Waals surface area contributed by atoms with Gasteiger partial charge in [0.1, 0.15) is 0 Å². The van der Waals surface area contributed by atoms with E-state index in [1.807, 2.05) is 18.2 Å². The van der Waals surface area contributed by atoms with Crippen molar-refractivity contribution in [3.63, 3.8) is 0 Å². The van der Waals surface area contributed by atoms with Crippen LogP contribution in [0.2, 0.25) is 0 Å². The molecule has 0 saturated heterocycles. The molecule has 3 heteroatoms. The first-order valence-electron chi connectivity index (χ1n) is 4.47. The van der Waals surface area contributed by atoms with Crippen LogP contribution >= 0.6 is 11.6 Å². The molecule has 1 aliphatic carbocycles. The van der Waals surface area contributed by atoms with E-state index in [9.17, 15) is 0 Å². The van der Waals surface area contributed by atoms with Crippen molar-refractivity contribution in [3.8, 4) is 0 Å². The minimum absolute atomic E-state index is 0.765. The van der Waals surface area contributed by atoms with Gasteiger partial charge in [0, 0.05) is 10.6 Å². The fourth-order valence-corrected chi connectivity index (χ4v) is 1.97. The fraction of sp³-hybridized carbons (Fsp3) is 0.182. The Morgan fingerprint density at radius 3 is 2.86 bits per heavy atom. The van der Waals surface area contributed by atoms with E-state index in [2.05, 4.69) is 11.2 Å². The average molecular weight is 208 g/mol. The van der Waals surface area contributed by atoms with E-state index in [0.717, 1.165) is 29.0 Å². The summed E-state index contributed by atoms with van der Waals surface area (Å²) >= 11 is 6.07. The number of benzene rings is 1. The maximum Gasteiger partial charge on any atom is 0.0751 e. The van der Waals surface area contributed by atoms with Crippen LogP contribution in [0.5, 0.6) is 0 Å². The van der Waals surface area contributed by atoms with Gasteiger partial charge in [0.2, 0.25) is 0 Å². The van der Waals surface area contributed by atoms with Crippen molar-refractivity contribution < 1.29 is 5.21 Å². The van der Waals surface area contributed by atoms with E-state index >= 15 is 0 Å². The molecule has 0 saturated carbocycles. The maximum absolute atomic E-state index is 8.54. The van der Waals surface area contributed by atoms with Crippen LogP contribution in [0.3, 0.4) is 0 Å². The number of aryl methyl sites for hydroxylation is 1. The monoisotopic (exact) mass is 207 g/mol. The number of halogens is 1. The lowest BCUT2D eigenvalue weighted by Gasteiger charge is -2.16. The Balaban J connectivity index is 2.56. The fourth-order valence-electron chi connectivity index (χ4n) is 1.72. The van der Waals surface area contributed by atoms with Gasteiger partial charge in [-0.15, -0.1) is 0 Å². The van der Waals surface area contributed by atoms with Gasteiger partial charge in [-0.2, -0.15) is 0 Å². The summed E-state index contributed by atoms with van der Waals surface area (Å²) in [5, 5.41) is 12.3. The zero-order valence-electron chi connectivity index (χ0n) is 7.57. The highest BCUT2D eigenvalue weighted by atomic mass is 35.5. The summed E-state index contributed by atoms with van der Waals surface area (Å²) in [7, 11) is 0. The molecule has 0 radical (unpaired) electrons. The van der Waals surface area contributed by atoms with Gasteiger partial charge in [0.25, 0.3) is 0 Å². The number of fused-ring (bicyclic) bond motifs is 1. The molecule has 1 aromatic rings. The molecule has 0 amide bonds. The Morgan fingerprint density at radius 1 is 1.29 bits per heavy atom. The first-order chi connectivity index (χ1) is 6.83. The zero-order chi connectivity index (χ0) is 9.97. The molecule has 14 heavy (non-hydrogen) atoms. The lowest BCUT2D eigenvalue weighted by atomic mass is 9.91. The van der Waals surface area contributed by atoms with Crippen LogP contribution in [0.15, 0.2) is 34.5 Å². The predicted octanol–water partition coefficient (Wildman–Crippen LogP) is 3.04. The molecular formula is C11H10ClNO. The molecule has 0 spiro atoms. The standard InChI is InChI=1S/C11H10ClNO/c12-11-6-5-8-3-1-2-4-9(8)10(11)7-13-14/h1-4,7,14H,5-6H2. The number of hydrogen-bond acceptors (Lipinski definition) is 2. The smallest absolute Gasteiger partial charge is 0.0751 e. The lowest BCUT2D eigenvalue weighted by molar-refractivity contribution is 0.322. The largest absolute Gasteiger partial charge is 0.411 e. The third kappa shape index (κ3) is 1.53. The van der Waals surface area contributed by atoms with Gasteiger partial charge >= 0.3 is 0 Å². The average Bonchev–Trinajstić information content (AvgIpc) is 2.23. The maximum atomic E-state index is 8.54. The van der Waals surface area contributed by atoms with E-state index in [-0.39, 0.29) is 0 Å². The summed E-state index contributed by atoms with van der Waals surface area (Å²) in [4.78, 5) is 0. The number of rotatable bonds is 1. The molecule has 0 heterocycles. The minimum atomic E-state index is 0.765. The van der Waals surface area contributed by atoms with E-state index in [0.29, 0.717) is 0 Å². The molecule has 0 unspecified atom stereocenters. The topological polar surface area (TPSA) is 32.6 Å². The van der Waals surface area contributed by atoms with Crippen molar-refractivity contribution in [2.24, 2.45) is 5.16 Å². The molecule has 2 nitrogen and oxygen atoms in total. The van der Waals surface area contributed by atoms with Gasteiger partial charge in [-0.1, -0.05) is 41.0 Å². The summed E-state index contributed by atoms with van der Waals surface area (Å²) < 4.78 is 0. The van der Waals surface area contributed by atoms with Gasteiger partial charge in [0.05, 0.1) is 6.21 Å².